The molecule has 18 heavy (non-hydrogen) atoms. The second kappa shape index (κ2) is 5.37. The molecule has 0 bridgehead atoms. The van der Waals surface area contributed by atoms with Crippen LogP contribution in [-0.4, -0.2) is 36.6 Å². The zero-order valence-corrected chi connectivity index (χ0v) is 13.1. The topological polar surface area (TPSA) is 41.3 Å². The van der Waals surface area contributed by atoms with Gasteiger partial charge < -0.3 is 16.0 Å². The van der Waals surface area contributed by atoms with Crippen LogP contribution in [0.4, 0.5) is 5.69 Å². The van der Waals surface area contributed by atoms with Crippen LogP contribution in [0.3, 0.4) is 0 Å². The Labute approximate surface area is 122 Å². The van der Waals surface area contributed by atoms with E-state index in [2.05, 4.69) is 40.1 Å². The Morgan fingerprint density at radius 2 is 2.33 bits per heavy atom. The van der Waals surface area contributed by atoms with Crippen LogP contribution in [0.15, 0.2) is 22.7 Å². The third-order valence-corrected chi connectivity index (χ3v) is 4.94. The lowest BCUT2D eigenvalue weighted by molar-refractivity contribution is 0.323. The van der Waals surface area contributed by atoms with Crippen molar-refractivity contribution < 1.29 is 0 Å². The number of nitrogens with zero attached hydrogens (tertiary/aromatic N) is 1. The van der Waals surface area contributed by atoms with E-state index in [1.54, 1.807) is 0 Å². The summed E-state index contributed by atoms with van der Waals surface area (Å²) in [5, 5.41) is 4.28. The molecule has 1 heterocycles. The van der Waals surface area contributed by atoms with Crippen molar-refractivity contribution >= 4 is 33.2 Å². The number of hydrogen-bond acceptors (Lipinski definition) is 3. The van der Waals surface area contributed by atoms with Gasteiger partial charge in [0.2, 0.25) is 0 Å². The Kier molecular flexibility index (Phi) is 4.22. The molecular formula is C13H19BrClN3. The lowest BCUT2D eigenvalue weighted by atomic mass is 9.96. The first kappa shape index (κ1) is 14.1. The van der Waals surface area contributed by atoms with Crippen molar-refractivity contribution in [3.05, 3.63) is 27.7 Å². The molecule has 0 aromatic heterocycles. The van der Waals surface area contributed by atoms with Gasteiger partial charge in [0.25, 0.3) is 0 Å². The number of nitrogens with one attached hydrogen (secondary N) is 1. The zero-order chi connectivity index (χ0) is 13.3. The molecule has 1 aliphatic heterocycles. The Morgan fingerprint density at radius 1 is 1.61 bits per heavy atom. The number of nitrogens with two attached hydrogens (primary N) is 1. The summed E-state index contributed by atoms with van der Waals surface area (Å²) in [6.07, 6.45) is 1.05. The van der Waals surface area contributed by atoms with Crippen molar-refractivity contribution in [1.82, 2.24) is 4.90 Å². The molecule has 1 aromatic carbocycles. The van der Waals surface area contributed by atoms with Crippen LogP contribution in [0.1, 0.15) is 13.3 Å². The van der Waals surface area contributed by atoms with E-state index in [-0.39, 0.29) is 5.54 Å². The number of benzene rings is 1. The molecule has 1 aromatic rings. The molecule has 3 N–H and O–H groups in total. The Bertz CT molecular complexity index is 428. The van der Waals surface area contributed by atoms with E-state index < -0.39 is 0 Å². The molecule has 5 heteroatoms. The van der Waals surface area contributed by atoms with Crippen LogP contribution >= 0.6 is 27.5 Å². The summed E-state index contributed by atoms with van der Waals surface area (Å²) in [5.74, 6) is 0. The minimum atomic E-state index is -0.0503. The minimum absolute atomic E-state index is 0.0503. The van der Waals surface area contributed by atoms with Crippen molar-refractivity contribution in [3.8, 4) is 0 Å². The summed E-state index contributed by atoms with van der Waals surface area (Å²) in [5.41, 5.74) is 6.95. The van der Waals surface area contributed by atoms with E-state index in [4.69, 9.17) is 17.3 Å². The second-order valence-electron chi connectivity index (χ2n) is 5.21. The summed E-state index contributed by atoms with van der Waals surface area (Å²) in [6.45, 7) is 3.81. The van der Waals surface area contributed by atoms with Crippen molar-refractivity contribution in [2.24, 2.45) is 5.73 Å². The fourth-order valence-corrected chi connectivity index (χ4v) is 3.02. The molecule has 1 saturated heterocycles. The molecule has 2 rings (SSSR count). The number of rotatable bonds is 3. The Hall–Kier alpha value is -0.290. The lowest BCUT2D eigenvalue weighted by Crippen LogP contribution is -2.47. The molecule has 1 aliphatic rings. The molecule has 100 valence electrons. The van der Waals surface area contributed by atoms with Crippen LogP contribution in [0.25, 0.3) is 0 Å². The predicted molar refractivity (Wildman–Crippen MR) is 81.3 cm³/mol. The van der Waals surface area contributed by atoms with Crippen LogP contribution < -0.4 is 11.1 Å². The molecule has 2 unspecified atom stereocenters. The van der Waals surface area contributed by atoms with Gasteiger partial charge in [-0.3, -0.25) is 0 Å². The quantitative estimate of drug-likeness (QED) is 0.894. The first-order valence-corrected chi connectivity index (χ1v) is 7.26. The Morgan fingerprint density at radius 3 is 2.83 bits per heavy atom. The summed E-state index contributed by atoms with van der Waals surface area (Å²) >= 11 is 9.52. The highest BCUT2D eigenvalue weighted by atomic mass is 79.9. The van der Waals surface area contributed by atoms with E-state index in [1.165, 1.54) is 0 Å². The van der Waals surface area contributed by atoms with Crippen molar-refractivity contribution in [1.29, 1.82) is 0 Å². The van der Waals surface area contributed by atoms with Crippen molar-refractivity contribution in [2.45, 2.75) is 24.9 Å². The van der Waals surface area contributed by atoms with Gasteiger partial charge >= 0.3 is 0 Å². The van der Waals surface area contributed by atoms with E-state index in [0.29, 0.717) is 17.6 Å². The molecule has 0 amide bonds. The maximum Gasteiger partial charge on any atom is 0.0636 e. The highest BCUT2D eigenvalue weighted by Crippen LogP contribution is 2.31. The fraction of sp³-hybridized carbons (Fsp3) is 0.538. The highest BCUT2D eigenvalue weighted by Gasteiger charge is 2.39. The van der Waals surface area contributed by atoms with Gasteiger partial charge in [-0.2, -0.15) is 0 Å². The van der Waals surface area contributed by atoms with Crippen LogP contribution in [0.5, 0.6) is 0 Å². The van der Waals surface area contributed by atoms with E-state index in [1.807, 2.05) is 18.2 Å². The number of anilines is 1. The summed E-state index contributed by atoms with van der Waals surface area (Å²) in [7, 11) is 2.14. The van der Waals surface area contributed by atoms with Crippen molar-refractivity contribution in [2.75, 3.05) is 25.5 Å². The second-order valence-corrected chi connectivity index (χ2v) is 6.47. The lowest BCUT2D eigenvalue weighted by Gasteiger charge is -2.30. The molecule has 1 fully saturated rings. The van der Waals surface area contributed by atoms with Crippen LogP contribution in [-0.2, 0) is 0 Å². The predicted octanol–water partition coefficient (Wildman–Crippen LogP) is 2.94. The van der Waals surface area contributed by atoms with E-state index >= 15 is 0 Å². The molecule has 2 atom stereocenters. The fourth-order valence-electron chi connectivity index (χ4n) is 2.59. The number of likely N-dealkylation sites (tertiary alicyclic amines) is 1. The zero-order valence-electron chi connectivity index (χ0n) is 10.7. The molecule has 0 radical (unpaired) electrons. The third kappa shape index (κ3) is 2.82. The Balaban J connectivity index is 2.18. The standard InChI is InChI=1S/C13H19BrClN3/c1-9-6-13(7-16,8-18(9)2)17-10-3-4-11(14)12(15)5-10/h3-5,9,17H,6-8,16H2,1-2H3. The molecule has 3 nitrogen and oxygen atoms in total. The average Bonchev–Trinajstić information content (AvgIpc) is 2.60. The monoisotopic (exact) mass is 331 g/mol. The highest BCUT2D eigenvalue weighted by molar-refractivity contribution is 9.10. The molecule has 0 aliphatic carbocycles. The smallest absolute Gasteiger partial charge is 0.0636 e. The normalized spacial score (nSPS) is 28.6. The van der Waals surface area contributed by atoms with Crippen molar-refractivity contribution in [3.63, 3.8) is 0 Å². The summed E-state index contributed by atoms with van der Waals surface area (Å²) in [6, 6.07) is 6.46. The van der Waals surface area contributed by atoms with E-state index in [0.717, 1.165) is 23.1 Å². The number of likely N-dealkylation sites (N-methyl/N-ethyl adjacent to an activating group) is 1. The van der Waals surface area contributed by atoms with Gasteiger partial charge in [-0.25, -0.2) is 0 Å². The summed E-state index contributed by atoms with van der Waals surface area (Å²) < 4.78 is 0.911. The first-order valence-electron chi connectivity index (χ1n) is 6.09. The van der Waals surface area contributed by atoms with Gasteiger partial charge in [-0.1, -0.05) is 11.6 Å². The molecule has 0 spiro atoms. The molecule has 0 saturated carbocycles. The summed E-state index contributed by atoms with van der Waals surface area (Å²) in [4.78, 5) is 2.33. The largest absolute Gasteiger partial charge is 0.377 e. The van der Waals surface area contributed by atoms with Gasteiger partial charge in [-0.05, 0) is 54.5 Å². The van der Waals surface area contributed by atoms with Gasteiger partial charge in [0.1, 0.15) is 0 Å². The van der Waals surface area contributed by atoms with Crippen LogP contribution in [0.2, 0.25) is 5.02 Å². The van der Waals surface area contributed by atoms with Gasteiger partial charge in [0.15, 0.2) is 0 Å². The van der Waals surface area contributed by atoms with Crippen LogP contribution in [0, 0.1) is 0 Å². The van der Waals surface area contributed by atoms with Gasteiger partial charge in [0, 0.05) is 29.3 Å². The number of halogens is 2. The first-order chi connectivity index (χ1) is 8.46. The SMILES string of the molecule is CC1CC(CN)(Nc2ccc(Br)c(Cl)c2)CN1C. The third-order valence-electron chi connectivity index (χ3n) is 3.71. The average molecular weight is 333 g/mol. The maximum absolute atomic E-state index is 6.12. The molecular weight excluding hydrogens is 314 g/mol. The minimum Gasteiger partial charge on any atom is -0.377 e. The maximum atomic E-state index is 6.12. The number of hydrogen-bond donors (Lipinski definition) is 2. The van der Waals surface area contributed by atoms with Gasteiger partial charge in [0.05, 0.1) is 10.6 Å². The van der Waals surface area contributed by atoms with Gasteiger partial charge in [-0.15, -0.1) is 0 Å². The van der Waals surface area contributed by atoms with E-state index in [9.17, 15) is 0 Å².